The highest BCUT2D eigenvalue weighted by Crippen LogP contribution is 2.23. The molecule has 1 rings (SSSR count). The average Bonchev–Trinajstić information content (AvgIpc) is 2.44. The Bertz CT molecular complexity index is 446. The van der Waals surface area contributed by atoms with E-state index in [2.05, 4.69) is 10.4 Å². The summed E-state index contributed by atoms with van der Waals surface area (Å²) in [6.07, 6.45) is 0.302. The molecule has 0 bridgehead atoms. The second-order valence-corrected chi connectivity index (χ2v) is 4.39. The second kappa shape index (κ2) is 4.40. The smallest absolute Gasteiger partial charge is 0.413 e. The first-order valence-electron chi connectivity index (χ1n) is 4.87. The molecule has 0 unspecified atom stereocenters. The van der Waals surface area contributed by atoms with Gasteiger partial charge < -0.3 is 4.74 Å². The predicted octanol–water partition coefficient (Wildman–Crippen LogP) is 1.68. The van der Waals surface area contributed by atoms with Crippen LogP contribution in [0.25, 0.3) is 0 Å². The molecule has 8 heteroatoms. The van der Waals surface area contributed by atoms with E-state index in [0.717, 1.165) is 6.20 Å². The minimum atomic E-state index is -0.760. The van der Waals surface area contributed by atoms with Crippen molar-refractivity contribution in [1.29, 1.82) is 0 Å². The number of amides is 1. The van der Waals surface area contributed by atoms with E-state index >= 15 is 0 Å². The Balaban J connectivity index is 2.85. The van der Waals surface area contributed by atoms with E-state index in [1.807, 2.05) is 0 Å². The number of nitro groups is 1. The van der Waals surface area contributed by atoms with Crippen molar-refractivity contribution in [1.82, 2.24) is 9.78 Å². The Morgan fingerprint density at radius 1 is 1.59 bits per heavy atom. The Hall–Kier alpha value is -2.12. The number of rotatable bonds is 2. The molecule has 1 N–H and O–H groups in total. The molecule has 0 aliphatic carbocycles. The molecule has 0 fully saturated rings. The molecular formula is C9H14N4O4. The standard InChI is InChI=1S/C9H14N4O4/c1-9(2,3)17-8(14)11-7-6(13(15)16)5-10-12(7)4/h5H,1-4H3,(H,11,14). The van der Waals surface area contributed by atoms with Crippen LogP contribution >= 0.6 is 0 Å². The van der Waals surface area contributed by atoms with Gasteiger partial charge in [-0.15, -0.1) is 0 Å². The first-order valence-corrected chi connectivity index (χ1v) is 4.87. The molecule has 0 spiro atoms. The number of anilines is 1. The largest absolute Gasteiger partial charge is 0.444 e. The van der Waals surface area contributed by atoms with Crippen molar-refractivity contribution in [3.05, 3.63) is 16.3 Å². The Morgan fingerprint density at radius 3 is 2.65 bits per heavy atom. The Kier molecular flexibility index (Phi) is 3.35. The van der Waals surface area contributed by atoms with Gasteiger partial charge in [-0.05, 0) is 20.8 Å². The topological polar surface area (TPSA) is 99.3 Å². The lowest BCUT2D eigenvalue weighted by atomic mass is 10.2. The fourth-order valence-electron chi connectivity index (χ4n) is 1.10. The molecule has 1 aromatic heterocycles. The fraction of sp³-hybridized carbons (Fsp3) is 0.556. The molecule has 0 aliphatic rings. The van der Waals surface area contributed by atoms with E-state index in [-0.39, 0.29) is 11.5 Å². The molecule has 0 saturated carbocycles. The molecule has 1 heterocycles. The first-order chi connectivity index (χ1) is 7.70. The van der Waals surface area contributed by atoms with E-state index in [9.17, 15) is 14.9 Å². The van der Waals surface area contributed by atoms with Crippen molar-refractivity contribution in [2.45, 2.75) is 26.4 Å². The zero-order chi connectivity index (χ0) is 13.2. The van der Waals surface area contributed by atoms with Crippen LogP contribution in [0.1, 0.15) is 20.8 Å². The van der Waals surface area contributed by atoms with E-state index in [4.69, 9.17) is 4.74 Å². The number of hydrogen-bond donors (Lipinski definition) is 1. The summed E-state index contributed by atoms with van der Waals surface area (Å²) in [4.78, 5) is 21.5. The van der Waals surface area contributed by atoms with E-state index in [1.54, 1.807) is 20.8 Å². The molecule has 1 amide bonds. The van der Waals surface area contributed by atoms with Crippen LogP contribution < -0.4 is 5.32 Å². The van der Waals surface area contributed by atoms with Gasteiger partial charge in [0.1, 0.15) is 11.8 Å². The molecule has 17 heavy (non-hydrogen) atoms. The fourth-order valence-corrected chi connectivity index (χ4v) is 1.10. The zero-order valence-corrected chi connectivity index (χ0v) is 10.1. The molecule has 0 aliphatic heterocycles. The van der Waals surface area contributed by atoms with Crippen LogP contribution in [-0.2, 0) is 11.8 Å². The lowest BCUT2D eigenvalue weighted by Gasteiger charge is -2.19. The van der Waals surface area contributed by atoms with Crippen molar-refractivity contribution in [2.75, 3.05) is 5.32 Å². The first kappa shape index (κ1) is 12.9. The number of carbonyl (C=O) groups is 1. The maximum absolute atomic E-state index is 11.5. The Morgan fingerprint density at radius 2 is 2.18 bits per heavy atom. The van der Waals surface area contributed by atoms with Gasteiger partial charge in [0.25, 0.3) is 0 Å². The van der Waals surface area contributed by atoms with Gasteiger partial charge in [0.2, 0.25) is 5.82 Å². The Labute approximate surface area is 97.7 Å². The van der Waals surface area contributed by atoms with Gasteiger partial charge in [-0.25, -0.2) is 9.48 Å². The molecule has 0 radical (unpaired) electrons. The van der Waals surface area contributed by atoms with Crippen molar-refractivity contribution >= 4 is 17.6 Å². The monoisotopic (exact) mass is 242 g/mol. The molecule has 0 aromatic carbocycles. The molecule has 0 saturated heterocycles. The van der Waals surface area contributed by atoms with Crippen LogP contribution in [0.3, 0.4) is 0 Å². The number of aryl methyl sites for hydroxylation is 1. The highest BCUT2D eigenvalue weighted by molar-refractivity contribution is 5.86. The van der Waals surface area contributed by atoms with Crippen molar-refractivity contribution in [2.24, 2.45) is 7.05 Å². The molecule has 1 aromatic rings. The van der Waals surface area contributed by atoms with E-state index < -0.39 is 16.6 Å². The molecule has 0 atom stereocenters. The lowest BCUT2D eigenvalue weighted by Crippen LogP contribution is -2.28. The summed E-state index contributed by atoms with van der Waals surface area (Å²) >= 11 is 0. The van der Waals surface area contributed by atoms with Gasteiger partial charge in [-0.2, -0.15) is 5.10 Å². The maximum Gasteiger partial charge on any atom is 0.413 e. The second-order valence-electron chi connectivity index (χ2n) is 4.39. The van der Waals surface area contributed by atoms with E-state index in [0.29, 0.717) is 0 Å². The van der Waals surface area contributed by atoms with Crippen molar-refractivity contribution in [3.63, 3.8) is 0 Å². The third-order valence-electron chi connectivity index (χ3n) is 1.74. The van der Waals surface area contributed by atoms with Crippen LogP contribution in [0.2, 0.25) is 0 Å². The maximum atomic E-state index is 11.5. The van der Waals surface area contributed by atoms with E-state index in [1.165, 1.54) is 11.7 Å². The highest BCUT2D eigenvalue weighted by Gasteiger charge is 2.23. The predicted molar refractivity (Wildman–Crippen MR) is 59.7 cm³/mol. The van der Waals surface area contributed by atoms with Crippen molar-refractivity contribution < 1.29 is 14.5 Å². The van der Waals surface area contributed by atoms with Crippen LogP contribution in [0.5, 0.6) is 0 Å². The number of hydrogen-bond acceptors (Lipinski definition) is 5. The zero-order valence-electron chi connectivity index (χ0n) is 10.1. The summed E-state index contributed by atoms with van der Waals surface area (Å²) in [5.41, 5.74) is -0.948. The van der Waals surface area contributed by atoms with Crippen LogP contribution in [0.4, 0.5) is 16.3 Å². The summed E-state index contributed by atoms with van der Waals surface area (Å²) in [7, 11) is 1.49. The van der Waals surface area contributed by atoms with Gasteiger partial charge in [-0.1, -0.05) is 0 Å². The SMILES string of the molecule is Cn1ncc([N+](=O)[O-])c1NC(=O)OC(C)(C)C. The van der Waals surface area contributed by atoms with Gasteiger partial charge >= 0.3 is 11.8 Å². The van der Waals surface area contributed by atoms with Gasteiger partial charge in [0.05, 0.1) is 4.92 Å². The van der Waals surface area contributed by atoms with Gasteiger partial charge in [0.15, 0.2) is 0 Å². The number of ether oxygens (including phenoxy) is 1. The molecular weight excluding hydrogens is 228 g/mol. The average molecular weight is 242 g/mol. The normalized spacial score (nSPS) is 11.1. The highest BCUT2D eigenvalue weighted by atomic mass is 16.6. The van der Waals surface area contributed by atoms with Gasteiger partial charge in [0, 0.05) is 7.05 Å². The molecule has 94 valence electrons. The third kappa shape index (κ3) is 3.44. The third-order valence-corrected chi connectivity index (χ3v) is 1.74. The van der Waals surface area contributed by atoms with Crippen LogP contribution in [0.15, 0.2) is 6.20 Å². The van der Waals surface area contributed by atoms with Gasteiger partial charge in [-0.3, -0.25) is 15.4 Å². The molecule has 8 nitrogen and oxygen atoms in total. The van der Waals surface area contributed by atoms with Crippen molar-refractivity contribution in [3.8, 4) is 0 Å². The van der Waals surface area contributed by atoms with Crippen LogP contribution in [-0.4, -0.2) is 26.4 Å². The number of aromatic nitrogens is 2. The minimum absolute atomic E-state index is 0.00995. The summed E-state index contributed by atoms with van der Waals surface area (Å²) in [5.74, 6) is -0.00995. The summed E-state index contributed by atoms with van der Waals surface area (Å²) < 4.78 is 6.18. The quantitative estimate of drug-likeness (QED) is 0.628. The number of nitrogens with zero attached hydrogens (tertiary/aromatic N) is 3. The lowest BCUT2D eigenvalue weighted by molar-refractivity contribution is -0.384. The summed E-state index contributed by atoms with van der Waals surface area (Å²) in [5, 5.41) is 16.6. The number of nitrogens with one attached hydrogen (secondary N) is 1. The minimum Gasteiger partial charge on any atom is -0.444 e. The summed E-state index contributed by atoms with van der Waals surface area (Å²) in [6, 6.07) is 0. The van der Waals surface area contributed by atoms with Crippen LogP contribution in [0, 0.1) is 10.1 Å². The number of carbonyl (C=O) groups excluding carboxylic acids is 1. The summed E-state index contributed by atoms with van der Waals surface area (Å²) in [6.45, 7) is 5.10.